The standard InChI is InChI=1S/C24H27ClN6O2/c1-17(29-22(10-11-26)18-2-6-20(25)7-3-18)28-21-8-4-19(5-9-21)24(33)31-14-12-30(13-15-31)16-23(27)32/h2-11,28H,1,12-16,26H2,(H2,27,32)/b11-10-,29-22+. The Morgan fingerprint density at radius 3 is 2.21 bits per heavy atom. The minimum atomic E-state index is -0.358. The molecule has 1 heterocycles. The Balaban J connectivity index is 1.61. The van der Waals surface area contributed by atoms with Crippen LogP contribution in [0.25, 0.3) is 0 Å². The summed E-state index contributed by atoms with van der Waals surface area (Å²) in [4.78, 5) is 32.1. The van der Waals surface area contributed by atoms with Gasteiger partial charge in [-0.3, -0.25) is 14.5 Å². The van der Waals surface area contributed by atoms with Gasteiger partial charge in [0.1, 0.15) is 5.82 Å². The number of halogens is 1. The Bertz CT molecular complexity index is 1060. The SMILES string of the molecule is C=C(/N=C(\C=C/N)c1ccc(Cl)cc1)Nc1ccc(C(=O)N2CCN(CC(N)=O)CC2)cc1. The van der Waals surface area contributed by atoms with Gasteiger partial charge >= 0.3 is 0 Å². The maximum Gasteiger partial charge on any atom is 0.253 e. The highest BCUT2D eigenvalue weighted by molar-refractivity contribution is 6.30. The number of rotatable bonds is 8. The average Bonchev–Trinajstić information content (AvgIpc) is 2.79. The van der Waals surface area contributed by atoms with Gasteiger partial charge in [-0.05, 0) is 48.7 Å². The number of amides is 2. The first-order chi connectivity index (χ1) is 15.9. The summed E-state index contributed by atoms with van der Waals surface area (Å²) in [6, 6.07) is 14.4. The van der Waals surface area contributed by atoms with Crippen molar-refractivity contribution in [1.82, 2.24) is 9.80 Å². The predicted molar refractivity (Wildman–Crippen MR) is 132 cm³/mol. The van der Waals surface area contributed by atoms with Crippen LogP contribution in [0.3, 0.4) is 0 Å². The number of nitrogens with two attached hydrogens (primary N) is 2. The maximum absolute atomic E-state index is 12.8. The lowest BCUT2D eigenvalue weighted by Crippen LogP contribution is -2.50. The average molecular weight is 467 g/mol. The first kappa shape index (κ1) is 24.0. The molecule has 1 saturated heterocycles. The van der Waals surface area contributed by atoms with Gasteiger partial charge in [-0.1, -0.05) is 30.3 Å². The summed E-state index contributed by atoms with van der Waals surface area (Å²) < 4.78 is 0. The molecule has 8 nitrogen and oxygen atoms in total. The van der Waals surface area contributed by atoms with E-state index in [9.17, 15) is 9.59 Å². The number of primary amides is 1. The fourth-order valence-electron chi connectivity index (χ4n) is 3.46. The Hall–Kier alpha value is -3.62. The molecule has 0 atom stereocenters. The summed E-state index contributed by atoms with van der Waals surface area (Å²) in [5.41, 5.74) is 13.6. The van der Waals surface area contributed by atoms with E-state index in [1.165, 1.54) is 6.20 Å². The van der Waals surface area contributed by atoms with Gasteiger partial charge in [-0.2, -0.15) is 0 Å². The second-order valence-electron chi connectivity index (χ2n) is 7.55. The van der Waals surface area contributed by atoms with E-state index in [-0.39, 0.29) is 18.4 Å². The third-order valence-electron chi connectivity index (χ3n) is 5.11. The van der Waals surface area contributed by atoms with Crippen molar-refractivity contribution in [2.75, 3.05) is 38.0 Å². The van der Waals surface area contributed by atoms with E-state index >= 15 is 0 Å². The maximum atomic E-state index is 12.8. The Labute approximate surface area is 198 Å². The Kier molecular flexibility index (Phi) is 8.23. The summed E-state index contributed by atoms with van der Waals surface area (Å²) in [6.07, 6.45) is 3.09. The van der Waals surface area contributed by atoms with Crippen LogP contribution in [0, 0.1) is 0 Å². The van der Waals surface area contributed by atoms with Gasteiger partial charge in [0.05, 0.1) is 12.3 Å². The molecular weight excluding hydrogens is 440 g/mol. The van der Waals surface area contributed by atoms with Crippen LogP contribution in [-0.4, -0.2) is 60.0 Å². The molecule has 5 N–H and O–H groups in total. The van der Waals surface area contributed by atoms with E-state index in [1.54, 1.807) is 47.4 Å². The molecule has 33 heavy (non-hydrogen) atoms. The molecule has 0 aliphatic carbocycles. The van der Waals surface area contributed by atoms with Gasteiger partial charge in [0.2, 0.25) is 5.91 Å². The number of hydrogen-bond donors (Lipinski definition) is 3. The lowest BCUT2D eigenvalue weighted by atomic mass is 10.1. The lowest BCUT2D eigenvalue weighted by molar-refractivity contribution is -0.119. The molecule has 2 aromatic rings. The number of anilines is 1. The molecule has 0 saturated carbocycles. The van der Waals surface area contributed by atoms with E-state index in [2.05, 4.69) is 16.9 Å². The zero-order chi connectivity index (χ0) is 23.8. The highest BCUT2D eigenvalue weighted by Crippen LogP contribution is 2.16. The Morgan fingerprint density at radius 2 is 1.64 bits per heavy atom. The second-order valence-corrected chi connectivity index (χ2v) is 7.98. The van der Waals surface area contributed by atoms with Crippen LogP contribution in [0.2, 0.25) is 5.02 Å². The van der Waals surface area contributed by atoms with Crippen molar-refractivity contribution >= 4 is 34.8 Å². The number of allylic oxidation sites excluding steroid dienone is 1. The van der Waals surface area contributed by atoms with E-state index in [4.69, 9.17) is 23.1 Å². The van der Waals surface area contributed by atoms with E-state index in [0.29, 0.717) is 48.3 Å². The molecule has 1 aliphatic heterocycles. The molecule has 172 valence electrons. The lowest BCUT2D eigenvalue weighted by Gasteiger charge is -2.34. The second kappa shape index (κ2) is 11.3. The normalized spacial score (nSPS) is 14.9. The monoisotopic (exact) mass is 466 g/mol. The zero-order valence-corrected chi connectivity index (χ0v) is 19.0. The fourth-order valence-corrected chi connectivity index (χ4v) is 3.58. The minimum absolute atomic E-state index is 0.0461. The van der Waals surface area contributed by atoms with Gasteiger partial charge in [0.25, 0.3) is 5.91 Å². The predicted octanol–water partition coefficient (Wildman–Crippen LogP) is 2.43. The molecule has 0 aromatic heterocycles. The summed E-state index contributed by atoms with van der Waals surface area (Å²) in [5.74, 6) is 0.0149. The van der Waals surface area contributed by atoms with Crippen LogP contribution in [0.1, 0.15) is 15.9 Å². The van der Waals surface area contributed by atoms with Gasteiger partial charge in [-0.15, -0.1) is 0 Å². The van der Waals surface area contributed by atoms with Crippen LogP contribution in [-0.2, 0) is 4.79 Å². The van der Waals surface area contributed by atoms with Crippen LogP contribution in [0.4, 0.5) is 5.69 Å². The number of hydrogen-bond acceptors (Lipinski definition) is 6. The van der Waals surface area contributed by atoms with Crippen molar-refractivity contribution in [1.29, 1.82) is 0 Å². The topological polar surface area (TPSA) is 117 Å². The minimum Gasteiger partial charge on any atom is -0.405 e. The number of nitrogens with one attached hydrogen (secondary N) is 1. The number of benzene rings is 2. The van der Waals surface area contributed by atoms with Gasteiger partial charge in [-0.25, -0.2) is 4.99 Å². The van der Waals surface area contributed by atoms with Crippen LogP contribution < -0.4 is 16.8 Å². The summed E-state index contributed by atoms with van der Waals surface area (Å²) in [6.45, 7) is 6.54. The third kappa shape index (κ3) is 6.93. The van der Waals surface area contributed by atoms with E-state index < -0.39 is 0 Å². The van der Waals surface area contributed by atoms with Crippen molar-refractivity contribution in [3.05, 3.63) is 89.4 Å². The van der Waals surface area contributed by atoms with Crippen LogP contribution in [0.15, 0.2) is 78.2 Å². The van der Waals surface area contributed by atoms with E-state index in [0.717, 1.165) is 11.3 Å². The molecule has 3 rings (SSSR count). The largest absolute Gasteiger partial charge is 0.405 e. The molecule has 0 bridgehead atoms. The summed E-state index contributed by atoms with van der Waals surface area (Å²) in [7, 11) is 0. The first-order valence-corrected chi connectivity index (χ1v) is 10.8. The summed E-state index contributed by atoms with van der Waals surface area (Å²) >= 11 is 5.96. The molecule has 0 radical (unpaired) electrons. The van der Waals surface area contributed by atoms with Crippen LogP contribution >= 0.6 is 11.6 Å². The molecule has 9 heteroatoms. The molecular formula is C24H27ClN6O2. The quantitative estimate of drug-likeness (QED) is 0.516. The van der Waals surface area contributed by atoms with Crippen molar-refractivity contribution in [2.24, 2.45) is 16.5 Å². The van der Waals surface area contributed by atoms with Crippen molar-refractivity contribution in [3.63, 3.8) is 0 Å². The Morgan fingerprint density at radius 1 is 1.03 bits per heavy atom. The van der Waals surface area contributed by atoms with Gasteiger partial charge in [0.15, 0.2) is 0 Å². The number of carbonyl (C=O) groups is 2. The van der Waals surface area contributed by atoms with Gasteiger partial charge < -0.3 is 21.7 Å². The number of nitrogens with zero attached hydrogens (tertiary/aromatic N) is 3. The van der Waals surface area contributed by atoms with E-state index in [1.807, 2.05) is 17.0 Å². The zero-order valence-electron chi connectivity index (χ0n) is 18.2. The van der Waals surface area contributed by atoms with Crippen LogP contribution in [0.5, 0.6) is 0 Å². The van der Waals surface area contributed by atoms with Crippen molar-refractivity contribution in [2.45, 2.75) is 0 Å². The molecule has 1 aliphatic rings. The number of piperazine rings is 1. The number of aliphatic imine (C=N–C) groups is 1. The first-order valence-electron chi connectivity index (χ1n) is 10.4. The highest BCUT2D eigenvalue weighted by Gasteiger charge is 2.22. The molecule has 2 aromatic carbocycles. The molecule has 0 unspecified atom stereocenters. The molecule has 2 amide bonds. The highest BCUT2D eigenvalue weighted by atomic mass is 35.5. The number of carbonyl (C=O) groups excluding carboxylic acids is 2. The fraction of sp³-hybridized carbons (Fsp3) is 0.208. The smallest absolute Gasteiger partial charge is 0.253 e. The molecule has 1 fully saturated rings. The van der Waals surface area contributed by atoms with Crippen molar-refractivity contribution in [3.8, 4) is 0 Å². The third-order valence-corrected chi connectivity index (χ3v) is 5.36. The van der Waals surface area contributed by atoms with Crippen molar-refractivity contribution < 1.29 is 9.59 Å². The molecule has 0 spiro atoms. The van der Waals surface area contributed by atoms with Gasteiger partial charge in [0, 0.05) is 48.0 Å². The summed E-state index contributed by atoms with van der Waals surface area (Å²) in [5, 5.41) is 3.76.